The fourth-order valence-corrected chi connectivity index (χ4v) is 2.14. The third kappa shape index (κ3) is 3.91. The number of hydrogen-bond acceptors (Lipinski definition) is 6. The van der Waals surface area contributed by atoms with E-state index < -0.39 is 5.97 Å². The van der Waals surface area contributed by atoms with E-state index in [4.69, 9.17) is 0 Å². The van der Waals surface area contributed by atoms with Gasteiger partial charge in [-0.3, -0.25) is 4.79 Å². The standard InChI is InChI=1S/C15H19N5O3/c1-10(2)13-11(8-17-15-18-9-19-20(13)15)14(22)16-7-5-4-6-12(21)23-3/h4,6,8-10H,5,7H2,1-3H3,(H,16,22)/b6-4+. The lowest BCUT2D eigenvalue weighted by atomic mass is 10.0. The minimum Gasteiger partial charge on any atom is -0.466 e. The maximum Gasteiger partial charge on any atom is 0.330 e. The van der Waals surface area contributed by atoms with E-state index in [0.717, 1.165) is 5.69 Å². The van der Waals surface area contributed by atoms with Crippen LogP contribution >= 0.6 is 0 Å². The van der Waals surface area contributed by atoms with Crippen molar-refractivity contribution in [2.45, 2.75) is 26.2 Å². The molecule has 23 heavy (non-hydrogen) atoms. The molecule has 0 bridgehead atoms. The molecule has 0 unspecified atom stereocenters. The first-order valence-corrected chi connectivity index (χ1v) is 7.26. The van der Waals surface area contributed by atoms with Crippen molar-refractivity contribution in [3.63, 3.8) is 0 Å². The lowest BCUT2D eigenvalue weighted by Gasteiger charge is -2.13. The average Bonchev–Trinajstić information content (AvgIpc) is 3.01. The van der Waals surface area contributed by atoms with Gasteiger partial charge in [0.2, 0.25) is 0 Å². The number of carbonyl (C=O) groups excluding carboxylic acids is 2. The Balaban J connectivity index is 2.07. The number of methoxy groups -OCH3 is 1. The molecule has 2 heterocycles. The third-order valence-corrected chi connectivity index (χ3v) is 3.19. The molecule has 2 aromatic heterocycles. The highest BCUT2D eigenvalue weighted by Crippen LogP contribution is 2.18. The summed E-state index contributed by atoms with van der Waals surface area (Å²) in [7, 11) is 1.31. The van der Waals surface area contributed by atoms with Gasteiger partial charge < -0.3 is 10.1 Å². The van der Waals surface area contributed by atoms with Crippen molar-refractivity contribution in [1.29, 1.82) is 0 Å². The second-order valence-corrected chi connectivity index (χ2v) is 5.15. The first kappa shape index (κ1) is 16.6. The Morgan fingerprint density at radius 1 is 1.39 bits per heavy atom. The van der Waals surface area contributed by atoms with Crippen LogP contribution in [0.1, 0.15) is 42.2 Å². The van der Waals surface area contributed by atoms with Gasteiger partial charge in [0, 0.05) is 18.8 Å². The Labute approximate surface area is 133 Å². The van der Waals surface area contributed by atoms with Gasteiger partial charge in [-0.25, -0.2) is 14.3 Å². The number of esters is 1. The average molecular weight is 317 g/mol. The Hall–Kier alpha value is -2.77. The van der Waals surface area contributed by atoms with E-state index in [0.29, 0.717) is 24.3 Å². The second kappa shape index (κ2) is 7.48. The normalized spacial score (nSPS) is 11.3. The van der Waals surface area contributed by atoms with E-state index in [-0.39, 0.29) is 11.8 Å². The van der Waals surface area contributed by atoms with Gasteiger partial charge in [-0.15, -0.1) is 0 Å². The molecule has 0 radical (unpaired) electrons. The van der Waals surface area contributed by atoms with E-state index in [1.54, 1.807) is 10.6 Å². The van der Waals surface area contributed by atoms with Gasteiger partial charge in [-0.05, 0) is 12.3 Å². The molecule has 0 aliphatic rings. The van der Waals surface area contributed by atoms with Gasteiger partial charge in [-0.1, -0.05) is 19.9 Å². The summed E-state index contributed by atoms with van der Waals surface area (Å²) >= 11 is 0. The number of carbonyl (C=O) groups is 2. The summed E-state index contributed by atoms with van der Waals surface area (Å²) in [5.41, 5.74) is 1.23. The fraction of sp³-hybridized carbons (Fsp3) is 0.400. The quantitative estimate of drug-likeness (QED) is 0.486. The van der Waals surface area contributed by atoms with Crippen molar-refractivity contribution in [2.24, 2.45) is 0 Å². The number of rotatable bonds is 6. The molecule has 0 aliphatic heterocycles. The number of fused-ring (bicyclic) bond motifs is 1. The smallest absolute Gasteiger partial charge is 0.330 e. The van der Waals surface area contributed by atoms with Gasteiger partial charge in [-0.2, -0.15) is 10.1 Å². The summed E-state index contributed by atoms with van der Waals surface area (Å²) < 4.78 is 6.07. The van der Waals surface area contributed by atoms with E-state index in [9.17, 15) is 9.59 Å². The molecule has 1 N–H and O–H groups in total. The minimum atomic E-state index is -0.417. The van der Waals surface area contributed by atoms with Crippen LogP contribution in [0.15, 0.2) is 24.7 Å². The van der Waals surface area contributed by atoms with Crippen molar-refractivity contribution >= 4 is 17.7 Å². The van der Waals surface area contributed by atoms with E-state index in [1.807, 2.05) is 13.8 Å². The first-order valence-electron chi connectivity index (χ1n) is 7.26. The summed E-state index contributed by atoms with van der Waals surface area (Å²) in [6.07, 6.45) is 6.42. The maximum absolute atomic E-state index is 12.4. The van der Waals surface area contributed by atoms with Crippen molar-refractivity contribution in [3.05, 3.63) is 35.9 Å². The highest BCUT2D eigenvalue weighted by atomic mass is 16.5. The molecule has 0 fully saturated rings. The van der Waals surface area contributed by atoms with Crippen LogP contribution in [0.5, 0.6) is 0 Å². The summed E-state index contributed by atoms with van der Waals surface area (Å²) in [4.78, 5) is 31.5. The molecule has 2 aromatic rings. The molecule has 0 saturated heterocycles. The maximum atomic E-state index is 12.4. The molecular formula is C15H19N5O3. The zero-order valence-corrected chi connectivity index (χ0v) is 13.3. The third-order valence-electron chi connectivity index (χ3n) is 3.19. The van der Waals surface area contributed by atoms with Crippen molar-refractivity contribution in [3.8, 4) is 0 Å². The molecule has 0 saturated carbocycles. The van der Waals surface area contributed by atoms with E-state index >= 15 is 0 Å². The molecule has 8 heteroatoms. The minimum absolute atomic E-state index is 0.0853. The summed E-state index contributed by atoms with van der Waals surface area (Å²) in [6.45, 7) is 4.36. The molecule has 8 nitrogen and oxygen atoms in total. The van der Waals surface area contributed by atoms with Crippen LogP contribution in [0.2, 0.25) is 0 Å². The van der Waals surface area contributed by atoms with Crippen LogP contribution in [-0.2, 0) is 9.53 Å². The fourth-order valence-electron chi connectivity index (χ4n) is 2.14. The molecular weight excluding hydrogens is 298 g/mol. The Morgan fingerprint density at radius 3 is 2.87 bits per heavy atom. The second-order valence-electron chi connectivity index (χ2n) is 5.15. The van der Waals surface area contributed by atoms with Crippen LogP contribution in [0.3, 0.4) is 0 Å². The molecule has 0 atom stereocenters. The zero-order valence-electron chi connectivity index (χ0n) is 13.3. The number of amides is 1. The topological polar surface area (TPSA) is 98.5 Å². The number of hydrogen-bond donors (Lipinski definition) is 1. The number of aromatic nitrogens is 4. The van der Waals surface area contributed by atoms with Gasteiger partial charge in [0.15, 0.2) is 0 Å². The van der Waals surface area contributed by atoms with E-state index in [2.05, 4.69) is 25.1 Å². The lowest BCUT2D eigenvalue weighted by Crippen LogP contribution is -2.27. The van der Waals surface area contributed by atoms with Gasteiger partial charge >= 0.3 is 5.97 Å². The van der Waals surface area contributed by atoms with Crippen LogP contribution in [-0.4, -0.2) is 45.1 Å². The lowest BCUT2D eigenvalue weighted by molar-refractivity contribution is -0.134. The Kier molecular flexibility index (Phi) is 5.40. The molecule has 0 aliphatic carbocycles. The SMILES string of the molecule is COC(=O)/C=C/CCNC(=O)c1cnc2ncnn2c1C(C)C. The zero-order chi connectivity index (χ0) is 16.8. The molecule has 1 amide bonds. The van der Waals surface area contributed by atoms with Crippen LogP contribution < -0.4 is 5.32 Å². The van der Waals surface area contributed by atoms with Crippen LogP contribution in [0, 0.1) is 0 Å². The summed E-state index contributed by atoms with van der Waals surface area (Å²) in [6, 6.07) is 0. The van der Waals surface area contributed by atoms with Crippen LogP contribution in [0.25, 0.3) is 5.78 Å². The molecule has 0 aromatic carbocycles. The first-order chi connectivity index (χ1) is 11.0. The highest BCUT2D eigenvalue weighted by molar-refractivity contribution is 5.95. The molecule has 2 rings (SSSR count). The monoisotopic (exact) mass is 317 g/mol. The number of ether oxygens (including phenoxy) is 1. The van der Waals surface area contributed by atoms with Crippen molar-refractivity contribution in [1.82, 2.24) is 24.9 Å². The Morgan fingerprint density at radius 2 is 2.17 bits per heavy atom. The predicted octanol–water partition coefficient (Wildman–Crippen LogP) is 1.10. The van der Waals surface area contributed by atoms with Crippen LogP contribution in [0.4, 0.5) is 0 Å². The van der Waals surface area contributed by atoms with Gasteiger partial charge in [0.05, 0.1) is 18.4 Å². The van der Waals surface area contributed by atoms with Gasteiger partial charge in [0.25, 0.3) is 11.7 Å². The summed E-state index contributed by atoms with van der Waals surface area (Å²) in [5.74, 6) is -0.0993. The molecule has 122 valence electrons. The van der Waals surface area contributed by atoms with Crippen molar-refractivity contribution < 1.29 is 14.3 Å². The highest BCUT2D eigenvalue weighted by Gasteiger charge is 2.18. The molecule has 0 spiro atoms. The number of nitrogens with one attached hydrogen (secondary N) is 1. The summed E-state index contributed by atoms with van der Waals surface area (Å²) in [5, 5.41) is 6.92. The largest absolute Gasteiger partial charge is 0.466 e. The van der Waals surface area contributed by atoms with Gasteiger partial charge in [0.1, 0.15) is 6.33 Å². The Bertz CT molecular complexity index is 736. The predicted molar refractivity (Wildman–Crippen MR) is 83.0 cm³/mol. The van der Waals surface area contributed by atoms with E-state index in [1.165, 1.54) is 25.7 Å². The number of nitrogens with zero attached hydrogens (tertiary/aromatic N) is 4. The van der Waals surface area contributed by atoms with Crippen molar-refractivity contribution in [2.75, 3.05) is 13.7 Å².